The van der Waals surface area contributed by atoms with Crippen LogP contribution < -0.4 is 14.8 Å². The largest absolute Gasteiger partial charge is 0.493 e. The van der Waals surface area contributed by atoms with Crippen LogP contribution in [-0.4, -0.2) is 47.1 Å². The number of fused-ring (bicyclic) bond motifs is 1. The van der Waals surface area contributed by atoms with Crippen molar-refractivity contribution in [3.8, 4) is 11.5 Å². The molecular formula is C26H24ClFN4O3S. The molecule has 1 fully saturated rings. The molecule has 186 valence electrons. The fourth-order valence-corrected chi connectivity index (χ4v) is 5.11. The number of amides is 1. The van der Waals surface area contributed by atoms with Gasteiger partial charge in [-0.3, -0.25) is 4.79 Å². The van der Waals surface area contributed by atoms with Crippen molar-refractivity contribution in [3.63, 3.8) is 0 Å². The van der Waals surface area contributed by atoms with Crippen molar-refractivity contribution in [2.45, 2.75) is 25.4 Å². The van der Waals surface area contributed by atoms with Crippen LogP contribution in [0.4, 0.5) is 15.9 Å². The molecule has 2 aromatic carbocycles. The second-order valence-corrected chi connectivity index (χ2v) is 9.69. The second-order valence-electron chi connectivity index (χ2n) is 8.50. The summed E-state index contributed by atoms with van der Waals surface area (Å²) in [5.41, 5.74) is 1.84. The highest BCUT2D eigenvalue weighted by molar-refractivity contribution is 7.08. The number of thiophene rings is 1. The van der Waals surface area contributed by atoms with Crippen LogP contribution in [0.3, 0.4) is 0 Å². The molecule has 7 nitrogen and oxygen atoms in total. The molecule has 0 saturated carbocycles. The van der Waals surface area contributed by atoms with E-state index < -0.39 is 5.82 Å². The van der Waals surface area contributed by atoms with E-state index in [4.69, 9.17) is 21.1 Å². The van der Waals surface area contributed by atoms with Gasteiger partial charge in [-0.05, 0) is 53.4 Å². The van der Waals surface area contributed by atoms with E-state index in [0.29, 0.717) is 47.7 Å². The summed E-state index contributed by atoms with van der Waals surface area (Å²) in [5.74, 6) is 0.959. The molecule has 36 heavy (non-hydrogen) atoms. The molecule has 1 aliphatic heterocycles. The Hall–Kier alpha value is -3.43. The van der Waals surface area contributed by atoms with Gasteiger partial charge < -0.3 is 19.7 Å². The monoisotopic (exact) mass is 526 g/mol. The van der Waals surface area contributed by atoms with Gasteiger partial charge in [0.05, 0.1) is 36.3 Å². The number of nitrogens with zero attached hydrogens (tertiary/aromatic N) is 3. The molecule has 1 amide bonds. The summed E-state index contributed by atoms with van der Waals surface area (Å²) < 4.78 is 26.4. The average Bonchev–Trinajstić information content (AvgIpc) is 3.40. The van der Waals surface area contributed by atoms with Crippen LogP contribution in [0.15, 0.2) is 53.5 Å². The third-order valence-corrected chi connectivity index (χ3v) is 7.11. The van der Waals surface area contributed by atoms with Gasteiger partial charge in [0.1, 0.15) is 18.2 Å². The van der Waals surface area contributed by atoms with Crippen LogP contribution in [0.2, 0.25) is 5.02 Å². The summed E-state index contributed by atoms with van der Waals surface area (Å²) in [5, 5.41) is 7.63. The number of methoxy groups -OCH3 is 1. The molecule has 1 N–H and O–H groups in total. The minimum atomic E-state index is -0.565. The van der Waals surface area contributed by atoms with Crippen LogP contribution in [-0.2, 0) is 11.2 Å². The highest BCUT2D eigenvalue weighted by Gasteiger charge is 2.26. The SMILES string of the molecule is COc1cc2ncnc(Nc3cccc(Cl)c3F)c2cc1OC1CCCN(C(=O)Cc2ccsc2)C1. The van der Waals surface area contributed by atoms with Crippen molar-refractivity contribution < 1.29 is 18.7 Å². The first-order valence-electron chi connectivity index (χ1n) is 11.5. The fourth-order valence-electron chi connectivity index (χ4n) is 4.26. The fraction of sp³-hybridized carbons (Fsp3) is 0.269. The van der Waals surface area contributed by atoms with Crippen molar-refractivity contribution in [3.05, 3.63) is 69.9 Å². The third-order valence-electron chi connectivity index (χ3n) is 6.09. The van der Waals surface area contributed by atoms with Gasteiger partial charge in [-0.1, -0.05) is 17.7 Å². The number of halogens is 2. The quantitative estimate of drug-likeness (QED) is 0.325. The second kappa shape index (κ2) is 10.7. The number of hydrogen-bond acceptors (Lipinski definition) is 7. The molecule has 0 bridgehead atoms. The van der Waals surface area contributed by atoms with Gasteiger partial charge in [-0.2, -0.15) is 11.3 Å². The Balaban J connectivity index is 1.39. The Morgan fingerprint density at radius 1 is 1.28 bits per heavy atom. The summed E-state index contributed by atoms with van der Waals surface area (Å²) in [7, 11) is 1.56. The van der Waals surface area contributed by atoms with Gasteiger partial charge in [0.2, 0.25) is 5.91 Å². The number of anilines is 2. The van der Waals surface area contributed by atoms with Gasteiger partial charge in [0.15, 0.2) is 17.3 Å². The summed E-state index contributed by atoms with van der Waals surface area (Å²) in [4.78, 5) is 23.3. The predicted molar refractivity (Wildman–Crippen MR) is 139 cm³/mol. The zero-order valence-corrected chi connectivity index (χ0v) is 21.1. The molecular weight excluding hydrogens is 503 g/mol. The Bertz CT molecular complexity index is 1390. The molecule has 0 radical (unpaired) electrons. The summed E-state index contributed by atoms with van der Waals surface area (Å²) in [6.45, 7) is 1.21. The summed E-state index contributed by atoms with van der Waals surface area (Å²) >= 11 is 7.52. The minimum absolute atomic E-state index is 0.0134. The zero-order valence-electron chi connectivity index (χ0n) is 19.5. The molecule has 0 spiro atoms. The normalized spacial score (nSPS) is 15.6. The lowest BCUT2D eigenvalue weighted by Crippen LogP contribution is -2.45. The smallest absolute Gasteiger partial charge is 0.227 e. The number of aromatic nitrogens is 2. The molecule has 2 aromatic heterocycles. The number of ether oxygens (including phenoxy) is 2. The predicted octanol–water partition coefficient (Wildman–Crippen LogP) is 5.85. The van der Waals surface area contributed by atoms with Crippen LogP contribution in [0, 0.1) is 5.82 Å². The maximum atomic E-state index is 14.5. The molecule has 10 heteroatoms. The zero-order chi connectivity index (χ0) is 25.1. The Morgan fingerprint density at radius 3 is 2.97 bits per heavy atom. The van der Waals surface area contributed by atoms with E-state index in [1.807, 2.05) is 21.7 Å². The lowest BCUT2D eigenvalue weighted by atomic mass is 10.1. The number of carbonyl (C=O) groups is 1. The lowest BCUT2D eigenvalue weighted by Gasteiger charge is -2.33. The third kappa shape index (κ3) is 5.22. The van der Waals surface area contributed by atoms with Crippen molar-refractivity contribution in [2.75, 3.05) is 25.5 Å². The van der Waals surface area contributed by atoms with Crippen LogP contribution in [0.25, 0.3) is 10.9 Å². The van der Waals surface area contributed by atoms with E-state index in [1.165, 1.54) is 12.4 Å². The number of hydrogen-bond donors (Lipinski definition) is 1. The Morgan fingerprint density at radius 2 is 2.17 bits per heavy atom. The van der Waals surface area contributed by atoms with Gasteiger partial charge in [0.25, 0.3) is 0 Å². The first-order valence-corrected chi connectivity index (χ1v) is 12.8. The molecule has 0 aliphatic carbocycles. The standard InChI is InChI=1S/C26H24ClFN4O3S/c1-34-22-12-21-18(26(30-15-29-21)31-20-6-2-5-19(27)25(20)28)11-23(22)35-17-4-3-8-32(13-17)24(33)10-16-7-9-36-14-16/h2,5-7,9,11-12,14-15,17H,3-4,8,10,13H2,1H3,(H,29,30,31). The first-order chi connectivity index (χ1) is 17.5. The highest BCUT2D eigenvalue weighted by Crippen LogP contribution is 2.36. The number of benzene rings is 2. The summed E-state index contributed by atoms with van der Waals surface area (Å²) in [6.07, 6.45) is 3.25. The van der Waals surface area contributed by atoms with Gasteiger partial charge in [-0.15, -0.1) is 0 Å². The molecule has 1 aliphatic rings. The number of piperidine rings is 1. The number of nitrogens with one attached hydrogen (secondary N) is 1. The molecule has 5 rings (SSSR count). The molecule has 1 unspecified atom stereocenters. The van der Waals surface area contributed by atoms with E-state index in [0.717, 1.165) is 18.4 Å². The maximum absolute atomic E-state index is 14.5. The maximum Gasteiger partial charge on any atom is 0.227 e. The van der Waals surface area contributed by atoms with E-state index in [9.17, 15) is 9.18 Å². The van der Waals surface area contributed by atoms with Crippen LogP contribution in [0.1, 0.15) is 18.4 Å². The minimum Gasteiger partial charge on any atom is -0.493 e. The summed E-state index contributed by atoms with van der Waals surface area (Å²) in [6, 6.07) is 10.2. The van der Waals surface area contributed by atoms with E-state index in [1.54, 1.807) is 42.7 Å². The molecule has 1 atom stereocenters. The van der Waals surface area contributed by atoms with Gasteiger partial charge >= 0.3 is 0 Å². The van der Waals surface area contributed by atoms with E-state index >= 15 is 0 Å². The van der Waals surface area contributed by atoms with Crippen molar-refractivity contribution in [1.82, 2.24) is 14.9 Å². The molecule has 1 saturated heterocycles. The van der Waals surface area contributed by atoms with E-state index in [2.05, 4.69) is 15.3 Å². The van der Waals surface area contributed by atoms with Crippen LogP contribution in [0.5, 0.6) is 11.5 Å². The highest BCUT2D eigenvalue weighted by atomic mass is 35.5. The first kappa shape index (κ1) is 24.3. The van der Waals surface area contributed by atoms with Crippen LogP contribution >= 0.6 is 22.9 Å². The van der Waals surface area contributed by atoms with Crippen molar-refractivity contribution in [1.29, 1.82) is 0 Å². The topological polar surface area (TPSA) is 76.6 Å². The number of carbonyl (C=O) groups excluding carboxylic acids is 1. The molecule has 4 aromatic rings. The molecule has 3 heterocycles. The Labute approximate surface area is 216 Å². The lowest BCUT2D eigenvalue weighted by molar-refractivity contribution is -0.133. The van der Waals surface area contributed by atoms with E-state index in [-0.39, 0.29) is 22.7 Å². The van der Waals surface area contributed by atoms with Crippen molar-refractivity contribution >= 4 is 51.3 Å². The number of rotatable bonds is 7. The Kier molecular flexibility index (Phi) is 7.20. The van der Waals surface area contributed by atoms with Gasteiger partial charge in [0, 0.05) is 18.0 Å². The van der Waals surface area contributed by atoms with Crippen molar-refractivity contribution in [2.24, 2.45) is 0 Å². The average molecular weight is 527 g/mol. The number of likely N-dealkylation sites (tertiary alicyclic amines) is 1. The van der Waals surface area contributed by atoms with Gasteiger partial charge in [-0.25, -0.2) is 14.4 Å².